The standard InChI is InChI=1S/C16H25N3O2/c1-13-6-3-4-8-15(13)21-11-9-18-16(17-2)19-12-14-7-5-10-20-14/h3-4,6,8,14H,5,7,9-12H2,1-2H3,(H2,17,18,19). The van der Waals surface area contributed by atoms with Crippen molar-refractivity contribution in [1.82, 2.24) is 10.6 Å². The van der Waals surface area contributed by atoms with Gasteiger partial charge in [-0.3, -0.25) is 4.99 Å². The largest absolute Gasteiger partial charge is 0.491 e. The zero-order chi connectivity index (χ0) is 14.9. The van der Waals surface area contributed by atoms with Crippen LogP contribution in [0.4, 0.5) is 0 Å². The molecule has 116 valence electrons. The average molecular weight is 291 g/mol. The van der Waals surface area contributed by atoms with Gasteiger partial charge in [0.15, 0.2) is 5.96 Å². The fraction of sp³-hybridized carbons (Fsp3) is 0.562. The molecule has 1 atom stereocenters. The van der Waals surface area contributed by atoms with E-state index in [9.17, 15) is 0 Å². The second-order valence-corrected chi connectivity index (χ2v) is 5.13. The van der Waals surface area contributed by atoms with Gasteiger partial charge < -0.3 is 20.1 Å². The van der Waals surface area contributed by atoms with Gasteiger partial charge in [-0.25, -0.2) is 0 Å². The lowest BCUT2D eigenvalue weighted by atomic mass is 10.2. The first-order chi connectivity index (χ1) is 10.3. The Bertz CT molecular complexity index is 457. The Kier molecular flexibility index (Phi) is 6.34. The van der Waals surface area contributed by atoms with Crippen molar-refractivity contribution < 1.29 is 9.47 Å². The summed E-state index contributed by atoms with van der Waals surface area (Å²) < 4.78 is 11.3. The van der Waals surface area contributed by atoms with Gasteiger partial charge in [-0.15, -0.1) is 0 Å². The lowest BCUT2D eigenvalue weighted by Gasteiger charge is -2.15. The van der Waals surface area contributed by atoms with E-state index < -0.39 is 0 Å². The Morgan fingerprint density at radius 1 is 1.38 bits per heavy atom. The van der Waals surface area contributed by atoms with E-state index in [-0.39, 0.29) is 0 Å². The van der Waals surface area contributed by atoms with Gasteiger partial charge in [0, 0.05) is 20.2 Å². The van der Waals surface area contributed by atoms with Gasteiger partial charge >= 0.3 is 0 Å². The van der Waals surface area contributed by atoms with Crippen molar-refractivity contribution in [2.75, 3.05) is 33.4 Å². The number of benzene rings is 1. The first-order valence-corrected chi connectivity index (χ1v) is 7.54. The molecule has 1 unspecified atom stereocenters. The van der Waals surface area contributed by atoms with Crippen molar-refractivity contribution in [3.05, 3.63) is 29.8 Å². The van der Waals surface area contributed by atoms with E-state index in [2.05, 4.69) is 15.6 Å². The number of ether oxygens (including phenoxy) is 2. The first-order valence-electron chi connectivity index (χ1n) is 7.54. The van der Waals surface area contributed by atoms with Gasteiger partial charge in [0.1, 0.15) is 12.4 Å². The molecule has 0 radical (unpaired) electrons. The third kappa shape index (κ3) is 5.27. The van der Waals surface area contributed by atoms with Crippen LogP contribution in [0, 0.1) is 6.92 Å². The fourth-order valence-electron chi connectivity index (χ4n) is 2.29. The van der Waals surface area contributed by atoms with Gasteiger partial charge in [-0.2, -0.15) is 0 Å². The minimum Gasteiger partial charge on any atom is -0.491 e. The molecule has 2 N–H and O–H groups in total. The summed E-state index contributed by atoms with van der Waals surface area (Å²) in [5.41, 5.74) is 1.15. The zero-order valence-electron chi connectivity index (χ0n) is 12.9. The molecule has 0 bridgehead atoms. The summed E-state index contributed by atoms with van der Waals surface area (Å²) in [7, 11) is 1.77. The molecule has 1 fully saturated rings. The predicted molar refractivity (Wildman–Crippen MR) is 85.0 cm³/mol. The van der Waals surface area contributed by atoms with Crippen molar-refractivity contribution in [1.29, 1.82) is 0 Å². The Morgan fingerprint density at radius 2 is 2.24 bits per heavy atom. The smallest absolute Gasteiger partial charge is 0.191 e. The number of guanidine groups is 1. The molecule has 1 saturated heterocycles. The average Bonchev–Trinajstić information content (AvgIpc) is 3.01. The molecule has 1 aliphatic rings. The third-order valence-electron chi connectivity index (χ3n) is 3.49. The fourth-order valence-corrected chi connectivity index (χ4v) is 2.29. The quantitative estimate of drug-likeness (QED) is 0.476. The molecule has 21 heavy (non-hydrogen) atoms. The van der Waals surface area contributed by atoms with Crippen LogP contribution >= 0.6 is 0 Å². The minimum atomic E-state index is 0.312. The Labute approximate surface area is 126 Å². The number of hydrogen-bond acceptors (Lipinski definition) is 3. The van der Waals surface area contributed by atoms with Gasteiger partial charge in [0.25, 0.3) is 0 Å². The van der Waals surface area contributed by atoms with Crippen LogP contribution in [0.2, 0.25) is 0 Å². The normalized spacial score (nSPS) is 18.6. The predicted octanol–water partition coefficient (Wildman–Crippen LogP) is 1.72. The maximum Gasteiger partial charge on any atom is 0.191 e. The first kappa shape index (κ1) is 15.6. The van der Waals surface area contributed by atoms with Gasteiger partial charge in [0.2, 0.25) is 0 Å². The highest BCUT2D eigenvalue weighted by atomic mass is 16.5. The van der Waals surface area contributed by atoms with Crippen LogP contribution < -0.4 is 15.4 Å². The molecule has 2 rings (SSSR count). The second kappa shape index (κ2) is 8.52. The van der Waals surface area contributed by atoms with Crippen LogP contribution in [0.25, 0.3) is 0 Å². The van der Waals surface area contributed by atoms with Gasteiger partial charge in [-0.05, 0) is 31.4 Å². The molecule has 0 amide bonds. The molecular formula is C16H25N3O2. The molecule has 1 heterocycles. The van der Waals surface area contributed by atoms with Crippen LogP contribution in [0.3, 0.4) is 0 Å². The van der Waals surface area contributed by atoms with Crippen molar-refractivity contribution in [3.8, 4) is 5.75 Å². The van der Waals surface area contributed by atoms with E-state index in [0.717, 1.165) is 43.3 Å². The number of aliphatic imine (C=N–C) groups is 1. The van der Waals surface area contributed by atoms with Crippen molar-refractivity contribution in [3.63, 3.8) is 0 Å². The molecule has 5 nitrogen and oxygen atoms in total. The monoisotopic (exact) mass is 291 g/mol. The summed E-state index contributed by atoms with van der Waals surface area (Å²) in [5.74, 6) is 1.72. The van der Waals surface area contributed by atoms with Crippen LogP contribution in [0.15, 0.2) is 29.3 Å². The van der Waals surface area contributed by atoms with E-state index in [1.807, 2.05) is 31.2 Å². The number of aryl methyl sites for hydroxylation is 1. The molecule has 1 aliphatic heterocycles. The van der Waals surface area contributed by atoms with E-state index in [1.165, 1.54) is 0 Å². The maximum absolute atomic E-state index is 5.74. The Hall–Kier alpha value is -1.75. The highest BCUT2D eigenvalue weighted by Gasteiger charge is 2.15. The second-order valence-electron chi connectivity index (χ2n) is 5.13. The number of para-hydroxylation sites is 1. The topological polar surface area (TPSA) is 54.9 Å². The van der Waals surface area contributed by atoms with E-state index >= 15 is 0 Å². The Morgan fingerprint density at radius 3 is 2.95 bits per heavy atom. The summed E-state index contributed by atoms with van der Waals surface area (Å²) in [6.07, 6.45) is 2.59. The molecular weight excluding hydrogens is 266 g/mol. The molecule has 0 saturated carbocycles. The maximum atomic E-state index is 5.74. The highest BCUT2D eigenvalue weighted by Crippen LogP contribution is 2.15. The number of rotatable bonds is 6. The van der Waals surface area contributed by atoms with E-state index in [1.54, 1.807) is 7.05 Å². The molecule has 1 aromatic carbocycles. The summed E-state index contributed by atoms with van der Waals surface area (Å²) >= 11 is 0. The summed E-state index contributed by atoms with van der Waals surface area (Å²) in [6.45, 7) is 5.04. The molecule has 0 aromatic heterocycles. The van der Waals surface area contributed by atoms with Crippen molar-refractivity contribution >= 4 is 5.96 Å². The van der Waals surface area contributed by atoms with Crippen LogP contribution in [0.1, 0.15) is 18.4 Å². The Balaban J connectivity index is 1.63. The van der Waals surface area contributed by atoms with E-state index in [4.69, 9.17) is 9.47 Å². The third-order valence-corrected chi connectivity index (χ3v) is 3.49. The van der Waals surface area contributed by atoms with Crippen LogP contribution in [-0.4, -0.2) is 45.4 Å². The van der Waals surface area contributed by atoms with Crippen LogP contribution in [0.5, 0.6) is 5.75 Å². The molecule has 0 spiro atoms. The summed E-state index contributed by atoms with van der Waals surface area (Å²) in [5, 5.41) is 6.52. The lowest BCUT2D eigenvalue weighted by molar-refractivity contribution is 0.114. The summed E-state index contributed by atoms with van der Waals surface area (Å²) in [4.78, 5) is 4.19. The molecule has 0 aliphatic carbocycles. The SMILES string of the molecule is CN=C(NCCOc1ccccc1C)NCC1CCCO1. The number of hydrogen-bond donors (Lipinski definition) is 2. The molecule has 5 heteroatoms. The minimum absolute atomic E-state index is 0.312. The highest BCUT2D eigenvalue weighted by molar-refractivity contribution is 5.79. The van der Waals surface area contributed by atoms with Crippen LogP contribution in [-0.2, 0) is 4.74 Å². The number of nitrogens with one attached hydrogen (secondary N) is 2. The van der Waals surface area contributed by atoms with Crippen molar-refractivity contribution in [2.24, 2.45) is 4.99 Å². The van der Waals surface area contributed by atoms with Gasteiger partial charge in [-0.1, -0.05) is 18.2 Å². The molecule has 1 aromatic rings. The zero-order valence-corrected chi connectivity index (χ0v) is 12.9. The summed E-state index contributed by atoms with van der Waals surface area (Å²) in [6, 6.07) is 8.03. The lowest BCUT2D eigenvalue weighted by Crippen LogP contribution is -2.42. The van der Waals surface area contributed by atoms with Gasteiger partial charge in [0.05, 0.1) is 12.6 Å². The van der Waals surface area contributed by atoms with E-state index in [0.29, 0.717) is 19.3 Å². The van der Waals surface area contributed by atoms with Crippen molar-refractivity contribution in [2.45, 2.75) is 25.9 Å². The number of nitrogens with zero attached hydrogens (tertiary/aromatic N) is 1.